The molecule has 1 aliphatic heterocycles. The van der Waals surface area contributed by atoms with E-state index in [0.717, 1.165) is 32.3 Å². The zero-order chi connectivity index (χ0) is 12.9. The molecular weight excluding hydrogens is 236 g/mol. The number of aryl methyl sites for hydroxylation is 1. The average Bonchev–Trinajstić information content (AvgIpc) is 2.77. The van der Waals surface area contributed by atoms with Crippen molar-refractivity contribution in [3.05, 3.63) is 35.4 Å². The van der Waals surface area contributed by atoms with Crippen molar-refractivity contribution in [1.82, 2.24) is 0 Å². The number of fused-ring (bicyclic) bond motifs is 1. The van der Waals surface area contributed by atoms with Gasteiger partial charge in [0.2, 0.25) is 0 Å². The van der Waals surface area contributed by atoms with Crippen LogP contribution in [-0.4, -0.2) is 17.3 Å². The largest absolute Gasteiger partial charge is 0.385 e. The molecule has 1 spiro atoms. The van der Waals surface area contributed by atoms with Gasteiger partial charge in [-0.2, -0.15) is 0 Å². The standard InChI is InChI=1S/C17H22O2/c18-17(10-6-13-4-1-2-5-15(13)17)14-7-11-19-16(12-14)8-3-9-16/h1-2,4-5,14,18H,3,6-12H2. The third-order valence-electron chi connectivity index (χ3n) is 5.69. The lowest BCUT2D eigenvalue weighted by atomic mass is 9.66. The van der Waals surface area contributed by atoms with Crippen molar-refractivity contribution in [1.29, 1.82) is 0 Å². The van der Waals surface area contributed by atoms with Gasteiger partial charge in [0, 0.05) is 6.61 Å². The van der Waals surface area contributed by atoms with Gasteiger partial charge >= 0.3 is 0 Å². The van der Waals surface area contributed by atoms with Gasteiger partial charge in [-0.05, 0) is 62.0 Å². The lowest BCUT2D eigenvalue weighted by Gasteiger charge is -2.50. The normalized spacial score (nSPS) is 35.9. The first-order chi connectivity index (χ1) is 9.22. The van der Waals surface area contributed by atoms with E-state index in [0.29, 0.717) is 5.92 Å². The first-order valence-electron chi connectivity index (χ1n) is 7.67. The minimum absolute atomic E-state index is 0.121. The molecule has 2 heteroatoms. The molecule has 2 atom stereocenters. The Morgan fingerprint density at radius 2 is 2.00 bits per heavy atom. The van der Waals surface area contributed by atoms with Gasteiger partial charge in [0.1, 0.15) is 0 Å². The van der Waals surface area contributed by atoms with Crippen LogP contribution < -0.4 is 0 Å². The average molecular weight is 258 g/mol. The van der Waals surface area contributed by atoms with E-state index < -0.39 is 5.60 Å². The summed E-state index contributed by atoms with van der Waals surface area (Å²) < 4.78 is 6.01. The second-order valence-electron chi connectivity index (χ2n) is 6.66. The Bertz CT molecular complexity index is 492. The second kappa shape index (κ2) is 4.07. The summed E-state index contributed by atoms with van der Waals surface area (Å²) >= 11 is 0. The molecule has 1 N–H and O–H groups in total. The van der Waals surface area contributed by atoms with E-state index in [-0.39, 0.29) is 5.60 Å². The molecule has 1 aromatic carbocycles. The van der Waals surface area contributed by atoms with Gasteiger partial charge in [0.15, 0.2) is 0 Å². The van der Waals surface area contributed by atoms with E-state index in [2.05, 4.69) is 24.3 Å². The van der Waals surface area contributed by atoms with E-state index >= 15 is 0 Å². The summed E-state index contributed by atoms with van der Waals surface area (Å²) in [5.41, 5.74) is 2.06. The minimum Gasteiger partial charge on any atom is -0.385 e. The van der Waals surface area contributed by atoms with E-state index in [1.54, 1.807) is 0 Å². The number of benzene rings is 1. The molecule has 0 aromatic heterocycles. The third kappa shape index (κ3) is 1.70. The molecule has 1 saturated carbocycles. The molecule has 1 heterocycles. The minimum atomic E-state index is -0.594. The Morgan fingerprint density at radius 3 is 2.79 bits per heavy atom. The summed E-state index contributed by atoms with van der Waals surface area (Å²) in [6, 6.07) is 8.45. The molecule has 19 heavy (non-hydrogen) atoms. The number of aliphatic hydroxyl groups is 1. The van der Waals surface area contributed by atoms with Crippen LogP contribution in [-0.2, 0) is 16.8 Å². The Morgan fingerprint density at radius 1 is 1.16 bits per heavy atom. The Labute approximate surface area is 114 Å². The highest BCUT2D eigenvalue weighted by Crippen LogP contribution is 2.52. The molecule has 2 unspecified atom stereocenters. The maximum absolute atomic E-state index is 11.3. The Kier molecular flexibility index (Phi) is 2.55. The van der Waals surface area contributed by atoms with Crippen LogP contribution in [0.15, 0.2) is 24.3 Å². The maximum Gasteiger partial charge on any atom is 0.0932 e. The fraction of sp³-hybridized carbons (Fsp3) is 0.647. The number of hydrogen-bond donors (Lipinski definition) is 1. The molecule has 3 aliphatic rings. The highest BCUT2D eigenvalue weighted by Gasteiger charge is 2.50. The quantitative estimate of drug-likeness (QED) is 0.838. The summed E-state index contributed by atoms with van der Waals surface area (Å²) in [6.45, 7) is 0.829. The SMILES string of the molecule is OC1(C2CCOC3(CCC3)C2)CCc2ccccc21. The van der Waals surface area contributed by atoms with Crippen molar-refractivity contribution in [2.45, 2.75) is 56.1 Å². The third-order valence-corrected chi connectivity index (χ3v) is 5.69. The van der Waals surface area contributed by atoms with Gasteiger partial charge in [-0.15, -0.1) is 0 Å². The van der Waals surface area contributed by atoms with Crippen molar-refractivity contribution >= 4 is 0 Å². The topological polar surface area (TPSA) is 29.5 Å². The van der Waals surface area contributed by atoms with Gasteiger partial charge in [0.25, 0.3) is 0 Å². The van der Waals surface area contributed by atoms with Gasteiger partial charge in [-0.25, -0.2) is 0 Å². The molecule has 0 amide bonds. The van der Waals surface area contributed by atoms with Crippen molar-refractivity contribution in [2.24, 2.45) is 5.92 Å². The lowest BCUT2D eigenvalue weighted by molar-refractivity contribution is -0.177. The van der Waals surface area contributed by atoms with E-state index in [1.165, 1.54) is 30.4 Å². The molecule has 2 nitrogen and oxygen atoms in total. The van der Waals surface area contributed by atoms with E-state index in [4.69, 9.17) is 4.74 Å². The summed E-state index contributed by atoms with van der Waals surface area (Å²) in [6.07, 6.45) is 7.67. The zero-order valence-corrected chi connectivity index (χ0v) is 11.4. The van der Waals surface area contributed by atoms with Gasteiger partial charge < -0.3 is 9.84 Å². The van der Waals surface area contributed by atoms with Crippen LogP contribution in [0.3, 0.4) is 0 Å². The van der Waals surface area contributed by atoms with Crippen molar-refractivity contribution in [3.63, 3.8) is 0 Å². The summed E-state index contributed by atoms with van der Waals surface area (Å²) in [5.74, 6) is 0.380. The number of rotatable bonds is 1. The maximum atomic E-state index is 11.3. The van der Waals surface area contributed by atoms with Gasteiger partial charge in [0.05, 0.1) is 11.2 Å². The molecule has 0 bridgehead atoms. The van der Waals surface area contributed by atoms with Crippen LogP contribution in [0.1, 0.15) is 49.7 Å². The van der Waals surface area contributed by atoms with Crippen LogP contribution >= 0.6 is 0 Å². The second-order valence-corrected chi connectivity index (χ2v) is 6.66. The fourth-order valence-electron chi connectivity index (χ4n) is 4.40. The molecule has 102 valence electrons. The first-order valence-corrected chi connectivity index (χ1v) is 7.67. The Balaban J connectivity index is 1.65. The predicted molar refractivity (Wildman–Crippen MR) is 73.9 cm³/mol. The van der Waals surface area contributed by atoms with Crippen molar-refractivity contribution < 1.29 is 9.84 Å². The van der Waals surface area contributed by atoms with Crippen molar-refractivity contribution in [3.8, 4) is 0 Å². The summed E-state index contributed by atoms with van der Waals surface area (Å²) in [4.78, 5) is 0. The highest BCUT2D eigenvalue weighted by atomic mass is 16.5. The predicted octanol–water partition coefficient (Wildman–Crippen LogP) is 3.17. The lowest BCUT2D eigenvalue weighted by Crippen LogP contribution is -2.50. The Hall–Kier alpha value is -0.860. The van der Waals surface area contributed by atoms with Gasteiger partial charge in [-0.1, -0.05) is 24.3 Å². The number of ether oxygens (including phenoxy) is 1. The number of hydrogen-bond acceptors (Lipinski definition) is 2. The fourth-order valence-corrected chi connectivity index (χ4v) is 4.40. The van der Waals surface area contributed by atoms with Crippen LogP contribution in [0.5, 0.6) is 0 Å². The summed E-state index contributed by atoms with van der Waals surface area (Å²) in [7, 11) is 0. The van der Waals surface area contributed by atoms with Crippen LogP contribution in [0.4, 0.5) is 0 Å². The molecular formula is C17H22O2. The van der Waals surface area contributed by atoms with Gasteiger partial charge in [-0.3, -0.25) is 0 Å². The summed E-state index contributed by atoms with van der Waals surface area (Å²) in [5, 5.41) is 11.3. The highest BCUT2D eigenvalue weighted by molar-refractivity contribution is 5.38. The monoisotopic (exact) mass is 258 g/mol. The molecule has 0 radical (unpaired) electrons. The molecule has 2 fully saturated rings. The molecule has 1 saturated heterocycles. The van der Waals surface area contributed by atoms with E-state index in [9.17, 15) is 5.11 Å². The first kappa shape index (κ1) is 11.9. The smallest absolute Gasteiger partial charge is 0.0932 e. The molecule has 4 rings (SSSR count). The van der Waals surface area contributed by atoms with Crippen molar-refractivity contribution in [2.75, 3.05) is 6.61 Å². The van der Waals surface area contributed by atoms with Crippen LogP contribution in [0.25, 0.3) is 0 Å². The molecule has 1 aromatic rings. The zero-order valence-electron chi connectivity index (χ0n) is 11.4. The molecule has 2 aliphatic carbocycles. The van der Waals surface area contributed by atoms with E-state index in [1.807, 2.05) is 0 Å². The van der Waals surface area contributed by atoms with Crippen LogP contribution in [0.2, 0.25) is 0 Å². The van der Waals surface area contributed by atoms with Crippen LogP contribution in [0, 0.1) is 5.92 Å².